The van der Waals surface area contributed by atoms with E-state index in [1.165, 1.54) is 14.2 Å². The zero-order valence-corrected chi connectivity index (χ0v) is 20.5. The fourth-order valence-electron chi connectivity index (χ4n) is 3.37. The number of hydrogen-bond donors (Lipinski definition) is 5. The number of carboxylic acid groups (broad SMARTS) is 1. The molecule has 2 aliphatic heterocycles. The molecule has 2 rings (SSSR count). The normalized spacial score (nSPS) is 40.3. The average molecular weight is 464 g/mol. The van der Waals surface area contributed by atoms with Crippen LogP contribution >= 0.6 is 0 Å². The number of carboxylic acids is 1. The Labute approximate surface area is 203 Å². The minimum atomic E-state index is -1.33. The number of carbonyl (C=O) groups is 1. The Morgan fingerprint density at radius 2 is 1.29 bits per heavy atom. The summed E-state index contributed by atoms with van der Waals surface area (Å²) in [6.45, 7) is 2.41. The third-order valence-corrected chi connectivity index (χ3v) is 5.07. The number of aliphatic hydroxyl groups is 5. The summed E-state index contributed by atoms with van der Waals surface area (Å²) in [6, 6.07) is 0. The monoisotopic (exact) mass is 464 g/mol. The first-order chi connectivity index (χ1) is 14.1. The van der Waals surface area contributed by atoms with E-state index in [-0.39, 0.29) is 42.8 Å². The topological polar surface area (TPSA) is 187 Å². The van der Waals surface area contributed by atoms with E-state index in [1.54, 1.807) is 13.8 Å². The zero-order chi connectivity index (χ0) is 23.0. The molecule has 5 N–H and O–H groups in total. The quantitative estimate of drug-likeness (QED) is 0.224. The molecule has 12 nitrogen and oxygen atoms in total. The van der Waals surface area contributed by atoms with Gasteiger partial charge < -0.3 is 59.1 Å². The molecule has 0 radical (unpaired) electrons. The van der Waals surface area contributed by atoms with Crippen LogP contribution in [0.4, 0.5) is 0 Å². The Balaban J connectivity index is 0.000000581. The molecule has 2 heterocycles. The first-order valence-electron chi connectivity index (χ1n) is 9.56. The van der Waals surface area contributed by atoms with Crippen LogP contribution in [0.15, 0.2) is 0 Å². The fourth-order valence-corrected chi connectivity index (χ4v) is 3.37. The van der Waals surface area contributed by atoms with E-state index >= 15 is 0 Å². The van der Waals surface area contributed by atoms with E-state index in [9.17, 15) is 30.3 Å². The molecule has 2 aliphatic rings. The van der Waals surface area contributed by atoms with E-state index in [2.05, 4.69) is 0 Å². The zero-order valence-electron chi connectivity index (χ0n) is 18.5. The fraction of sp³-hybridized carbons (Fsp3) is 0.944. The predicted molar refractivity (Wildman–Crippen MR) is 97.2 cm³/mol. The summed E-state index contributed by atoms with van der Waals surface area (Å²) in [7, 11) is 2.77. The maximum atomic E-state index is 10.2. The van der Waals surface area contributed by atoms with Gasteiger partial charge in [0.1, 0.15) is 48.8 Å². The maximum Gasteiger partial charge on any atom is 1.00 e. The van der Waals surface area contributed by atoms with Crippen LogP contribution in [0.1, 0.15) is 13.8 Å². The van der Waals surface area contributed by atoms with Crippen LogP contribution in [-0.4, -0.2) is 127 Å². The van der Waals surface area contributed by atoms with Crippen molar-refractivity contribution in [3.63, 3.8) is 0 Å². The second-order valence-electron chi connectivity index (χ2n) is 7.19. The molecule has 0 aromatic heterocycles. The third-order valence-electron chi connectivity index (χ3n) is 5.07. The molecule has 31 heavy (non-hydrogen) atoms. The Hall–Kier alpha value is 0.0700. The molecule has 13 heteroatoms. The number of aliphatic carboxylic acids is 1. The molecule has 10 atom stereocenters. The summed E-state index contributed by atoms with van der Waals surface area (Å²) in [5.41, 5.74) is 0. The molecule has 0 saturated carbocycles. The largest absolute Gasteiger partial charge is 1.00 e. The summed E-state index contributed by atoms with van der Waals surface area (Å²) in [4.78, 5) is 10.2. The SMILES string of the molecule is COC1C(CO)OC(C)C(O)C1O.COC1C(COCC(=O)[O-])OC(C)C(O)C1O.[Na+]. The third kappa shape index (κ3) is 8.74. The van der Waals surface area contributed by atoms with Gasteiger partial charge in [-0.25, -0.2) is 0 Å². The van der Waals surface area contributed by atoms with Crippen LogP contribution in [0.2, 0.25) is 0 Å². The molecule has 2 fully saturated rings. The van der Waals surface area contributed by atoms with E-state index < -0.39 is 73.6 Å². The van der Waals surface area contributed by atoms with Crippen molar-refractivity contribution in [3.05, 3.63) is 0 Å². The van der Waals surface area contributed by atoms with Gasteiger partial charge in [0.2, 0.25) is 0 Å². The first-order valence-corrected chi connectivity index (χ1v) is 9.56. The molecule has 0 aliphatic carbocycles. The molecular formula is C18H33NaO12. The van der Waals surface area contributed by atoms with Crippen molar-refractivity contribution in [3.8, 4) is 0 Å². The van der Waals surface area contributed by atoms with E-state index in [1.807, 2.05) is 0 Å². The Morgan fingerprint density at radius 3 is 1.68 bits per heavy atom. The number of methoxy groups -OCH3 is 2. The van der Waals surface area contributed by atoms with Crippen molar-refractivity contribution >= 4 is 5.97 Å². The molecule has 2 saturated heterocycles. The van der Waals surface area contributed by atoms with Gasteiger partial charge in [-0.15, -0.1) is 0 Å². The average Bonchev–Trinajstić information content (AvgIpc) is 2.70. The van der Waals surface area contributed by atoms with Crippen LogP contribution in [-0.2, 0) is 28.5 Å². The van der Waals surface area contributed by atoms with Crippen molar-refractivity contribution in [2.75, 3.05) is 34.0 Å². The van der Waals surface area contributed by atoms with Crippen LogP contribution in [0.3, 0.4) is 0 Å². The van der Waals surface area contributed by atoms with Crippen molar-refractivity contribution in [1.82, 2.24) is 0 Å². The summed E-state index contributed by atoms with van der Waals surface area (Å²) < 4.78 is 25.4. The molecule has 0 aromatic carbocycles. The van der Waals surface area contributed by atoms with Crippen LogP contribution in [0, 0.1) is 0 Å². The van der Waals surface area contributed by atoms with Gasteiger partial charge in [0.15, 0.2) is 0 Å². The van der Waals surface area contributed by atoms with E-state index in [0.29, 0.717) is 0 Å². The second kappa shape index (κ2) is 15.1. The molecule has 0 bridgehead atoms. The number of aliphatic hydroxyl groups excluding tert-OH is 5. The minimum Gasteiger partial charge on any atom is -0.548 e. The molecule has 0 aromatic rings. The van der Waals surface area contributed by atoms with Crippen molar-refractivity contribution in [1.29, 1.82) is 0 Å². The van der Waals surface area contributed by atoms with Crippen LogP contribution < -0.4 is 34.7 Å². The van der Waals surface area contributed by atoms with Gasteiger partial charge >= 0.3 is 29.6 Å². The van der Waals surface area contributed by atoms with Crippen LogP contribution in [0.5, 0.6) is 0 Å². The van der Waals surface area contributed by atoms with Gasteiger partial charge in [-0.3, -0.25) is 0 Å². The van der Waals surface area contributed by atoms with E-state index in [0.717, 1.165) is 0 Å². The molecule has 0 spiro atoms. The molecule has 10 unspecified atom stereocenters. The number of hydrogen-bond acceptors (Lipinski definition) is 12. The number of ether oxygens (including phenoxy) is 5. The Kier molecular flexibility index (Phi) is 15.1. The summed E-state index contributed by atoms with van der Waals surface area (Å²) in [6.07, 6.45) is -7.81. The smallest absolute Gasteiger partial charge is 0.548 e. The van der Waals surface area contributed by atoms with Crippen LogP contribution in [0.25, 0.3) is 0 Å². The Bertz CT molecular complexity index is 510. The van der Waals surface area contributed by atoms with Gasteiger partial charge in [0.25, 0.3) is 0 Å². The standard InChI is InChI=1S/C10H18O7.C8H16O5.Na/c1-5-8(13)9(14)10(15-2)6(17-5)3-16-4-7(11)12;1-4-6(10)7(11)8(12-2)5(3-9)13-4;/h5-6,8-10,13-14H,3-4H2,1-2H3,(H,11,12);4-11H,3H2,1-2H3;/q;;+1/p-1. The van der Waals surface area contributed by atoms with Crippen molar-refractivity contribution in [2.24, 2.45) is 0 Å². The van der Waals surface area contributed by atoms with Gasteiger partial charge in [0.05, 0.1) is 38.0 Å². The van der Waals surface area contributed by atoms with Gasteiger partial charge in [-0.2, -0.15) is 0 Å². The Morgan fingerprint density at radius 1 is 0.871 bits per heavy atom. The second-order valence-corrected chi connectivity index (χ2v) is 7.19. The molecule has 178 valence electrons. The number of rotatable bonds is 7. The van der Waals surface area contributed by atoms with Gasteiger partial charge in [-0.1, -0.05) is 0 Å². The van der Waals surface area contributed by atoms with Gasteiger partial charge in [-0.05, 0) is 13.8 Å². The van der Waals surface area contributed by atoms with Gasteiger partial charge in [0, 0.05) is 14.2 Å². The number of carbonyl (C=O) groups excluding carboxylic acids is 1. The summed E-state index contributed by atoms with van der Waals surface area (Å²) >= 11 is 0. The molecule has 0 amide bonds. The minimum absolute atomic E-state index is 0. The predicted octanol–water partition coefficient (Wildman–Crippen LogP) is -7.22. The van der Waals surface area contributed by atoms with Crippen molar-refractivity contribution in [2.45, 2.75) is 74.9 Å². The maximum absolute atomic E-state index is 10.2. The van der Waals surface area contributed by atoms with E-state index in [4.69, 9.17) is 28.8 Å². The first kappa shape index (κ1) is 31.1. The summed E-state index contributed by atoms with van der Waals surface area (Å²) in [5, 5.41) is 57.4. The molecular weight excluding hydrogens is 431 g/mol. The van der Waals surface area contributed by atoms with Crippen molar-refractivity contribution < 1.29 is 88.7 Å². The summed E-state index contributed by atoms with van der Waals surface area (Å²) in [5.74, 6) is -1.33.